The standard InChI is InChI=1S/C17H21N3O4S/c1-13-10-15(18-24-13)11-17(21)20-9-5-8-16(12-20)25(22,23)19-14-6-3-2-4-7-14/h2-4,6-7,10,16,19H,5,8-9,11-12H2,1H3/t16-/m0/s1. The van der Waals surface area contributed by atoms with E-state index in [0.717, 1.165) is 0 Å². The number of sulfonamides is 1. The quantitative estimate of drug-likeness (QED) is 0.877. The van der Waals surface area contributed by atoms with E-state index in [0.29, 0.717) is 36.5 Å². The summed E-state index contributed by atoms with van der Waals surface area (Å²) < 4.78 is 32.8. The molecule has 0 saturated carbocycles. The van der Waals surface area contributed by atoms with Crippen molar-refractivity contribution in [3.63, 3.8) is 0 Å². The van der Waals surface area contributed by atoms with Crippen molar-refractivity contribution >= 4 is 21.6 Å². The molecule has 1 atom stereocenters. The number of hydrogen-bond donors (Lipinski definition) is 1. The topological polar surface area (TPSA) is 92.5 Å². The van der Waals surface area contributed by atoms with Crippen LogP contribution in [-0.2, 0) is 21.2 Å². The molecule has 0 spiro atoms. The zero-order valence-electron chi connectivity index (χ0n) is 14.0. The number of carbonyl (C=O) groups is 1. The highest BCUT2D eigenvalue weighted by atomic mass is 32.2. The first kappa shape index (κ1) is 17.5. The third-order valence-corrected chi connectivity index (χ3v) is 6.00. The number of aromatic nitrogens is 1. The molecule has 0 radical (unpaired) electrons. The molecule has 1 amide bonds. The van der Waals surface area contributed by atoms with Crippen LogP contribution in [-0.4, -0.2) is 42.7 Å². The van der Waals surface area contributed by atoms with Crippen molar-refractivity contribution in [2.75, 3.05) is 17.8 Å². The second kappa shape index (κ2) is 7.26. The number of benzene rings is 1. The van der Waals surface area contributed by atoms with Crippen molar-refractivity contribution in [3.8, 4) is 0 Å². The fourth-order valence-corrected chi connectivity index (χ4v) is 4.42. The van der Waals surface area contributed by atoms with E-state index in [1.807, 2.05) is 6.07 Å². The predicted molar refractivity (Wildman–Crippen MR) is 93.5 cm³/mol. The first-order valence-electron chi connectivity index (χ1n) is 8.21. The van der Waals surface area contributed by atoms with E-state index < -0.39 is 15.3 Å². The molecular formula is C17H21N3O4S. The molecule has 1 aliphatic rings. The number of rotatable bonds is 5. The fraction of sp³-hybridized carbons (Fsp3) is 0.412. The molecule has 0 unspecified atom stereocenters. The third kappa shape index (κ3) is 4.39. The summed E-state index contributed by atoms with van der Waals surface area (Å²) in [4.78, 5) is 14.0. The number of carbonyl (C=O) groups excluding carboxylic acids is 1. The van der Waals surface area contributed by atoms with Gasteiger partial charge in [0.2, 0.25) is 15.9 Å². The minimum Gasteiger partial charge on any atom is -0.361 e. The number of anilines is 1. The van der Waals surface area contributed by atoms with Gasteiger partial charge in [0, 0.05) is 24.8 Å². The van der Waals surface area contributed by atoms with Gasteiger partial charge in [0.15, 0.2) is 0 Å². The van der Waals surface area contributed by atoms with Crippen LogP contribution in [0.5, 0.6) is 0 Å². The molecule has 3 rings (SSSR count). The van der Waals surface area contributed by atoms with Crippen LogP contribution in [0, 0.1) is 6.92 Å². The van der Waals surface area contributed by atoms with Crippen LogP contribution in [0.4, 0.5) is 5.69 Å². The van der Waals surface area contributed by atoms with E-state index in [4.69, 9.17) is 4.52 Å². The monoisotopic (exact) mass is 363 g/mol. The van der Waals surface area contributed by atoms with E-state index in [1.54, 1.807) is 42.2 Å². The summed E-state index contributed by atoms with van der Waals surface area (Å²) in [5.74, 6) is 0.516. The summed E-state index contributed by atoms with van der Waals surface area (Å²) in [6.07, 6.45) is 1.31. The Morgan fingerprint density at radius 2 is 2.12 bits per heavy atom. The Bertz CT molecular complexity index is 833. The Morgan fingerprint density at radius 3 is 2.80 bits per heavy atom. The van der Waals surface area contributed by atoms with Crippen molar-refractivity contribution in [2.24, 2.45) is 0 Å². The van der Waals surface area contributed by atoms with Gasteiger partial charge in [-0.3, -0.25) is 9.52 Å². The van der Waals surface area contributed by atoms with Gasteiger partial charge in [0.1, 0.15) is 5.76 Å². The van der Waals surface area contributed by atoms with Crippen LogP contribution >= 0.6 is 0 Å². The van der Waals surface area contributed by atoms with E-state index in [2.05, 4.69) is 9.88 Å². The van der Waals surface area contributed by atoms with Crippen molar-refractivity contribution < 1.29 is 17.7 Å². The molecule has 0 bridgehead atoms. The van der Waals surface area contributed by atoms with E-state index in [1.165, 1.54) is 0 Å². The maximum Gasteiger partial charge on any atom is 0.237 e. The Balaban J connectivity index is 1.64. The first-order chi connectivity index (χ1) is 11.9. The Kier molecular flexibility index (Phi) is 5.08. The number of hydrogen-bond acceptors (Lipinski definition) is 5. The van der Waals surface area contributed by atoms with Gasteiger partial charge in [-0.15, -0.1) is 0 Å². The summed E-state index contributed by atoms with van der Waals surface area (Å²) in [7, 11) is -3.55. The smallest absolute Gasteiger partial charge is 0.237 e. The van der Waals surface area contributed by atoms with E-state index in [-0.39, 0.29) is 18.9 Å². The van der Waals surface area contributed by atoms with Crippen LogP contribution < -0.4 is 4.72 Å². The minimum atomic E-state index is -3.55. The van der Waals surface area contributed by atoms with Crippen LogP contribution in [0.25, 0.3) is 0 Å². The number of nitrogens with one attached hydrogen (secondary N) is 1. The lowest BCUT2D eigenvalue weighted by atomic mass is 10.1. The predicted octanol–water partition coefficient (Wildman–Crippen LogP) is 1.96. The zero-order valence-corrected chi connectivity index (χ0v) is 14.8. The molecule has 7 nitrogen and oxygen atoms in total. The first-order valence-corrected chi connectivity index (χ1v) is 9.75. The number of para-hydroxylation sites is 1. The van der Waals surface area contributed by atoms with Crippen LogP contribution in [0.1, 0.15) is 24.3 Å². The van der Waals surface area contributed by atoms with Gasteiger partial charge in [0.05, 0.1) is 17.4 Å². The maximum atomic E-state index is 12.6. The number of aryl methyl sites for hydroxylation is 1. The van der Waals surface area contributed by atoms with Crippen molar-refractivity contribution in [3.05, 3.63) is 47.9 Å². The third-order valence-electron chi connectivity index (χ3n) is 4.21. The summed E-state index contributed by atoms with van der Waals surface area (Å²) in [5, 5.41) is 3.20. The van der Waals surface area contributed by atoms with E-state index in [9.17, 15) is 13.2 Å². The number of piperidine rings is 1. The van der Waals surface area contributed by atoms with Gasteiger partial charge < -0.3 is 9.42 Å². The number of amides is 1. The van der Waals surface area contributed by atoms with Gasteiger partial charge >= 0.3 is 0 Å². The highest BCUT2D eigenvalue weighted by molar-refractivity contribution is 7.93. The number of nitrogens with zero attached hydrogens (tertiary/aromatic N) is 2. The van der Waals surface area contributed by atoms with Crippen molar-refractivity contribution in [1.29, 1.82) is 0 Å². The fourth-order valence-electron chi connectivity index (χ4n) is 2.94. The van der Waals surface area contributed by atoms with E-state index >= 15 is 0 Å². The lowest BCUT2D eigenvalue weighted by Gasteiger charge is -2.32. The molecule has 1 aromatic heterocycles. The maximum absolute atomic E-state index is 12.6. The van der Waals surface area contributed by atoms with Gasteiger partial charge in [-0.25, -0.2) is 8.42 Å². The average Bonchev–Trinajstić information content (AvgIpc) is 3.00. The van der Waals surface area contributed by atoms with Crippen molar-refractivity contribution in [1.82, 2.24) is 10.1 Å². The Hall–Kier alpha value is -2.35. The average molecular weight is 363 g/mol. The molecule has 25 heavy (non-hydrogen) atoms. The molecule has 134 valence electrons. The largest absolute Gasteiger partial charge is 0.361 e. The molecule has 0 aliphatic carbocycles. The lowest BCUT2D eigenvalue weighted by Crippen LogP contribution is -2.47. The second-order valence-electron chi connectivity index (χ2n) is 6.22. The summed E-state index contributed by atoms with van der Waals surface area (Å²) in [5.41, 5.74) is 1.10. The molecule has 1 fully saturated rings. The Morgan fingerprint density at radius 1 is 1.36 bits per heavy atom. The Labute approximate surface area is 147 Å². The van der Waals surface area contributed by atoms with Crippen LogP contribution in [0.2, 0.25) is 0 Å². The summed E-state index contributed by atoms with van der Waals surface area (Å²) >= 11 is 0. The lowest BCUT2D eigenvalue weighted by molar-refractivity contribution is -0.131. The number of likely N-dealkylation sites (tertiary alicyclic amines) is 1. The van der Waals surface area contributed by atoms with Gasteiger partial charge in [-0.2, -0.15) is 0 Å². The zero-order chi connectivity index (χ0) is 17.9. The van der Waals surface area contributed by atoms with Crippen LogP contribution in [0.3, 0.4) is 0 Å². The normalized spacial score (nSPS) is 18.1. The molecular weight excluding hydrogens is 342 g/mol. The molecule has 8 heteroatoms. The second-order valence-corrected chi connectivity index (χ2v) is 8.18. The molecule has 1 aromatic carbocycles. The van der Waals surface area contributed by atoms with Gasteiger partial charge in [0.25, 0.3) is 0 Å². The van der Waals surface area contributed by atoms with Crippen molar-refractivity contribution in [2.45, 2.75) is 31.4 Å². The van der Waals surface area contributed by atoms with Gasteiger partial charge in [-0.1, -0.05) is 23.4 Å². The molecule has 2 aromatic rings. The SMILES string of the molecule is Cc1cc(CC(=O)N2CCC[C@H](S(=O)(=O)Nc3ccccc3)C2)no1. The highest BCUT2D eigenvalue weighted by Gasteiger charge is 2.32. The molecule has 1 aliphatic heterocycles. The minimum absolute atomic E-state index is 0.121. The molecule has 2 heterocycles. The van der Waals surface area contributed by atoms with Crippen LogP contribution in [0.15, 0.2) is 40.9 Å². The van der Waals surface area contributed by atoms with Gasteiger partial charge in [-0.05, 0) is 31.9 Å². The summed E-state index contributed by atoms with van der Waals surface area (Å²) in [6.45, 7) is 2.52. The summed E-state index contributed by atoms with van der Waals surface area (Å²) in [6, 6.07) is 10.5. The highest BCUT2D eigenvalue weighted by Crippen LogP contribution is 2.20. The molecule has 1 saturated heterocycles. The molecule has 1 N–H and O–H groups in total.